The lowest BCUT2D eigenvalue weighted by atomic mass is 9.33. The van der Waals surface area contributed by atoms with Gasteiger partial charge in [0, 0.05) is 22.0 Å². The molecule has 1 aromatic heterocycles. The molecule has 51 heavy (non-hydrogen) atoms. The van der Waals surface area contributed by atoms with Crippen molar-refractivity contribution in [2.24, 2.45) is 33.0 Å². The van der Waals surface area contributed by atoms with Gasteiger partial charge in [0.15, 0.2) is 0 Å². The van der Waals surface area contributed by atoms with E-state index in [9.17, 15) is 9.59 Å². The van der Waals surface area contributed by atoms with Gasteiger partial charge in [0.05, 0.1) is 34.6 Å². The Morgan fingerprint density at radius 2 is 1.67 bits per heavy atom. The van der Waals surface area contributed by atoms with Gasteiger partial charge in [0.25, 0.3) is 5.91 Å². The van der Waals surface area contributed by atoms with Gasteiger partial charge in [-0.1, -0.05) is 74.0 Å². The third-order valence-electron chi connectivity index (χ3n) is 14.6. The summed E-state index contributed by atoms with van der Waals surface area (Å²) in [5.41, 5.74) is 9.33. The quantitative estimate of drug-likeness (QED) is 0.166. The smallest absolute Gasteiger partial charge is 0.311 e. The Hall–Kier alpha value is -3.84. The predicted octanol–water partition coefficient (Wildman–Crippen LogP) is 10.4. The van der Waals surface area contributed by atoms with E-state index in [1.54, 1.807) is 0 Å². The summed E-state index contributed by atoms with van der Waals surface area (Å²) < 4.78 is 6.38. The Labute approximate surface area is 309 Å². The molecule has 264 valence electrons. The SMILES string of the molecule is COC(=O)[C@]1(C)CC[C@]2(C)CC[C@@]3(C)[C@@](C)(CC=C4c5cc6nc7cc(C(=O)NCc8ccc(Br)cc8)ccc7nc6c(C)c5C=C[C@]43C)[C@@H]2C1. The number of fused-ring (bicyclic) bond motifs is 9. The number of amides is 1. The second kappa shape index (κ2) is 11.6. The molecule has 6 nitrogen and oxygen atoms in total. The van der Waals surface area contributed by atoms with E-state index in [1.807, 2.05) is 42.5 Å². The van der Waals surface area contributed by atoms with Gasteiger partial charge >= 0.3 is 5.97 Å². The Kier molecular flexibility index (Phi) is 7.78. The van der Waals surface area contributed by atoms with E-state index in [1.165, 1.54) is 23.8 Å². The maximum absolute atomic E-state index is 13.2. The molecule has 0 radical (unpaired) electrons. The molecule has 0 spiro atoms. The number of esters is 1. The number of carbonyl (C=O) groups excluding carboxylic acids is 2. The van der Waals surface area contributed by atoms with Gasteiger partial charge in [0.2, 0.25) is 0 Å². The highest BCUT2D eigenvalue weighted by atomic mass is 79.9. The number of benzene rings is 3. The van der Waals surface area contributed by atoms with Crippen LogP contribution in [0.25, 0.3) is 33.7 Å². The Bertz CT molecular complexity index is 2210. The number of hydrogen-bond acceptors (Lipinski definition) is 5. The van der Waals surface area contributed by atoms with Crippen molar-refractivity contribution in [3.8, 4) is 0 Å². The summed E-state index contributed by atoms with van der Waals surface area (Å²) in [7, 11) is 1.54. The average Bonchev–Trinajstić information content (AvgIpc) is 3.12. The number of ether oxygens (including phenoxy) is 1. The molecule has 1 amide bonds. The summed E-state index contributed by atoms with van der Waals surface area (Å²) >= 11 is 3.47. The van der Waals surface area contributed by atoms with Gasteiger partial charge < -0.3 is 10.1 Å². The standard InChI is InChI=1S/C44H48BrN3O3/c1-26-30-14-16-42(4)32(15-17-43(5)36-24-41(3,39(50)51-7)19-18-40(36,2)20-21-44(42,43)6)31(30)23-35-37(26)48-33-13-10-28(22-34(33)47-35)38(49)46-25-27-8-11-29(45)12-9-27/h8-16,22-23,36H,17-21,24-25H2,1-7H3,(H,46,49)/t36-,40-,41-,42-,43+,44-/m1/s1. The van der Waals surface area contributed by atoms with Crippen LogP contribution >= 0.6 is 15.9 Å². The summed E-state index contributed by atoms with van der Waals surface area (Å²) in [6.45, 7) is 14.7. The zero-order valence-electron chi connectivity index (χ0n) is 30.9. The highest BCUT2D eigenvalue weighted by Crippen LogP contribution is 2.76. The molecule has 3 aromatic carbocycles. The van der Waals surface area contributed by atoms with Crippen molar-refractivity contribution >= 4 is 61.5 Å². The lowest BCUT2D eigenvalue weighted by molar-refractivity contribution is -0.190. The van der Waals surface area contributed by atoms with Crippen LogP contribution in [0.3, 0.4) is 0 Å². The van der Waals surface area contributed by atoms with E-state index >= 15 is 0 Å². The summed E-state index contributed by atoms with van der Waals surface area (Å²) in [6, 6.07) is 15.8. The van der Waals surface area contributed by atoms with Crippen molar-refractivity contribution in [2.45, 2.75) is 86.6 Å². The van der Waals surface area contributed by atoms with Gasteiger partial charge in [0.1, 0.15) is 0 Å². The number of carbonyl (C=O) groups is 2. The number of halogens is 1. The Morgan fingerprint density at radius 1 is 0.922 bits per heavy atom. The van der Waals surface area contributed by atoms with E-state index < -0.39 is 5.41 Å². The number of hydrogen-bond donors (Lipinski definition) is 1. The van der Waals surface area contributed by atoms with Gasteiger partial charge in [-0.3, -0.25) is 9.59 Å². The molecule has 1 N–H and O–H groups in total. The molecule has 4 aliphatic carbocycles. The number of methoxy groups -OCH3 is 1. The van der Waals surface area contributed by atoms with Crippen molar-refractivity contribution in [2.75, 3.05) is 7.11 Å². The number of rotatable bonds is 4. The normalized spacial score (nSPS) is 32.3. The minimum Gasteiger partial charge on any atom is -0.469 e. The average molecular weight is 747 g/mol. The molecule has 4 aliphatic rings. The van der Waals surface area contributed by atoms with Crippen molar-refractivity contribution in [3.05, 3.63) is 93.0 Å². The number of aryl methyl sites for hydroxylation is 1. The van der Waals surface area contributed by atoms with Crippen molar-refractivity contribution in [1.82, 2.24) is 15.3 Å². The minimum atomic E-state index is -0.447. The molecule has 7 heteroatoms. The summed E-state index contributed by atoms with van der Waals surface area (Å²) in [5.74, 6) is 0.207. The van der Waals surface area contributed by atoms with Crippen LogP contribution in [0, 0.1) is 39.9 Å². The summed E-state index contributed by atoms with van der Waals surface area (Å²) in [6.07, 6.45) is 13.5. The maximum atomic E-state index is 13.2. The Morgan fingerprint density at radius 3 is 2.41 bits per heavy atom. The zero-order valence-corrected chi connectivity index (χ0v) is 32.5. The lowest BCUT2D eigenvalue weighted by Crippen LogP contribution is -2.63. The number of allylic oxidation sites excluding steroid dienone is 3. The van der Waals surface area contributed by atoms with Gasteiger partial charge in [-0.25, -0.2) is 9.97 Å². The fourth-order valence-corrected chi connectivity index (χ4v) is 11.1. The maximum Gasteiger partial charge on any atom is 0.311 e. The Balaban J connectivity index is 1.17. The molecular formula is C44H48BrN3O3. The highest BCUT2D eigenvalue weighted by molar-refractivity contribution is 9.10. The van der Waals surface area contributed by atoms with Crippen LogP contribution in [0.1, 0.15) is 106 Å². The lowest BCUT2D eigenvalue weighted by Gasteiger charge is -2.70. The van der Waals surface area contributed by atoms with Crippen LogP contribution in [0.4, 0.5) is 0 Å². The van der Waals surface area contributed by atoms with Crippen LogP contribution < -0.4 is 5.32 Å². The van der Waals surface area contributed by atoms with Gasteiger partial charge in [-0.15, -0.1) is 0 Å². The molecular weight excluding hydrogens is 698 g/mol. The number of nitrogens with zero attached hydrogens (tertiary/aromatic N) is 2. The van der Waals surface area contributed by atoms with Crippen LogP contribution in [-0.4, -0.2) is 29.0 Å². The second-order valence-electron chi connectivity index (χ2n) is 17.1. The molecule has 6 atom stereocenters. The first-order chi connectivity index (χ1) is 24.1. The van der Waals surface area contributed by atoms with Crippen LogP contribution in [0.2, 0.25) is 0 Å². The molecule has 0 aliphatic heterocycles. The van der Waals surface area contributed by atoms with Crippen molar-refractivity contribution < 1.29 is 14.3 Å². The molecule has 4 aromatic rings. The van der Waals surface area contributed by atoms with Crippen LogP contribution in [0.15, 0.2) is 65.2 Å². The minimum absolute atomic E-state index is 0.00598. The first kappa shape index (κ1) is 34.3. The molecule has 2 saturated carbocycles. The topological polar surface area (TPSA) is 81.2 Å². The van der Waals surface area contributed by atoms with E-state index in [0.29, 0.717) is 23.5 Å². The third-order valence-corrected chi connectivity index (χ3v) is 15.1. The summed E-state index contributed by atoms with van der Waals surface area (Å²) in [4.78, 5) is 36.6. The molecule has 0 saturated heterocycles. The molecule has 0 bridgehead atoms. The third kappa shape index (κ3) is 4.93. The van der Waals surface area contributed by atoms with E-state index in [0.717, 1.165) is 70.7 Å². The molecule has 0 unspecified atom stereocenters. The van der Waals surface area contributed by atoms with Gasteiger partial charge in [-0.05, 0) is 139 Å². The van der Waals surface area contributed by atoms with Crippen LogP contribution in [-0.2, 0) is 16.1 Å². The largest absolute Gasteiger partial charge is 0.469 e. The summed E-state index contributed by atoms with van der Waals surface area (Å²) in [5, 5.41) is 3.04. The van der Waals surface area contributed by atoms with Gasteiger partial charge in [-0.2, -0.15) is 0 Å². The first-order valence-electron chi connectivity index (χ1n) is 18.4. The second-order valence-corrected chi connectivity index (χ2v) is 18.1. The number of aromatic nitrogens is 2. The molecule has 1 heterocycles. The fourth-order valence-electron chi connectivity index (χ4n) is 10.9. The van der Waals surface area contributed by atoms with E-state index in [4.69, 9.17) is 14.7 Å². The predicted molar refractivity (Wildman–Crippen MR) is 208 cm³/mol. The zero-order chi connectivity index (χ0) is 36.1. The fraction of sp³-hybridized carbons (Fsp3) is 0.455. The first-order valence-corrected chi connectivity index (χ1v) is 19.2. The van der Waals surface area contributed by atoms with Crippen molar-refractivity contribution in [1.29, 1.82) is 0 Å². The van der Waals surface area contributed by atoms with Crippen LogP contribution in [0.5, 0.6) is 0 Å². The highest BCUT2D eigenvalue weighted by Gasteiger charge is 2.68. The molecule has 2 fully saturated rings. The monoisotopic (exact) mass is 745 g/mol. The van der Waals surface area contributed by atoms with E-state index in [-0.39, 0.29) is 33.5 Å². The van der Waals surface area contributed by atoms with E-state index in [2.05, 4.69) is 87.1 Å². The van der Waals surface area contributed by atoms with Crippen molar-refractivity contribution in [3.63, 3.8) is 0 Å². The molecule has 8 rings (SSSR count). The number of nitrogens with one attached hydrogen (secondary N) is 1.